The van der Waals surface area contributed by atoms with Gasteiger partial charge in [-0.3, -0.25) is 15.2 Å². The average Bonchev–Trinajstić information content (AvgIpc) is 3.14. The van der Waals surface area contributed by atoms with E-state index in [4.69, 9.17) is 11.1 Å². The fourth-order valence-electron chi connectivity index (χ4n) is 5.45. The number of amides is 2. The van der Waals surface area contributed by atoms with E-state index in [0.29, 0.717) is 11.6 Å². The molecular formula is C28H39N5O. The molecule has 0 bridgehead atoms. The van der Waals surface area contributed by atoms with Crippen molar-refractivity contribution in [3.8, 4) is 0 Å². The Morgan fingerprint density at radius 3 is 2.32 bits per heavy atom. The Hall–Kier alpha value is -2.86. The summed E-state index contributed by atoms with van der Waals surface area (Å²) in [5.74, 6) is 0.0305. The highest BCUT2D eigenvalue weighted by Gasteiger charge is 2.30. The molecule has 182 valence electrons. The molecule has 2 aromatic rings. The van der Waals surface area contributed by atoms with Gasteiger partial charge in [-0.15, -0.1) is 0 Å². The Morgan fingerprint density at radius 1 is 1.00 bits per heavy atom. The number of carbonyl (C=O) groups excluding carboxylic acids is 1. The van der Waals surface area contributed by atoms with Crippen LogP contribution in [0.4, 0.5) is 10.5 Å². The fourth-order valence-corrected chi connectivity index (χ4v) is 5.45. The van der Waals surface area contributed by atoms with E-state index in [0.717, 1.165) is 57.3 Å². The summed E-state index contributed by atoms with van der Waals surface area (Å²) in [6, 6.07) is 19.0. The second-order valence-corrected chi connectivity index (χ2v) is 9.83. The first kappa shape index (κ1) is 24.3. The Labute approximate surface area is 204 Å². The van der Waals surface area contributed by atoms with E-state index in [1.165, 1.54) is 18.4 Å². The van der Waals surface area contributed by atoms with Gasteiger partial charge in [0.25, 0.3) is 0 Å². The number of anilines is 1. The minimum atomic E-state index is -0.0119. The molecule has 2 aliphatic rings. The first-order chi connectivity index (χ1) is 16.5. The topological polar surface area (TPSA) is 85.5 Å². The van der Waals surface area contributed by atoms with Crippen LogP contribution in [0.1, 0.15) is 75.5 Å². The molecule has 34 heavy (non-hydrogen) atoms. The van der Waals surface area contributed by atoms with Gasteiger partial charge in [-0.1, -0.05) is 68.1 Å². The van der Waals surface area contributed by atoms with E-state index in [-0.39, 0.29) is 24.0 Å². The summed E-state index contributed by atoms with van der Waals surface area (Å²) in [5, 5.41) is 11.2. The molecule has 1 saturated heterocycles. The van der Waals surface area contributed by atoms with Gasteiger partial charge >= 0.3 is 6.03 Å². The van der Waals surface area contributed by atoms with Crippen LogP contribution in [0.2, 0.25) is 0 Å². The molecule has 6 heteroatoms. The van der Waals surface area contributed by atoms with Crippen LogP contribution in [0.15, 0.2) is 54.6 Å². The second kappa shape index (κ2) is 11.5. The molecule has 2 aromatic carbocycles. The van der Waals surface area contributed by atoms with Gasteiger partial charge in [0.2, 0.25) is 0 Å². The Bertz CT molecular complexity index is 946. The average molecular weight is 462 g/mol. The second-order valence-electron chi connectivity index (χ2n) is 9.83. The molecule has 0 aromatic heterocycles. The van der Waals surface area contributed by atoms with Crippen molar-refractivity contribution >= 4 is 17.6 Å². The highest BCUT2D eigenvalue weighted by atomic mass is 16.2. The van der Waals surface area contributed by atoms with Gasteiger partial charge < -0.3 is 11.1 Å². The molecule has 1 unspecified atom stereocenters. The number of likely N-dealkylation sites (tertiary alicyclic amines) is 1. The zero-order valence-corrected chi connectivity index (χ0v) is 20.4. The summed E-state index contributed by atoms with van der Waals surface area (Å²) >= 11 is 0. The van der Waals surface area contributed by atoms with E-state index in [2.05, 4.69) is 47.5 Å². The number of piperidine rings is 1. The lowest BCUT2D eigenvalue weighted by atomic mass is 10.00. The Balaban J connectivity index is 1.43. The molecule has 0 spiro atoms. The highest BCUT2D eigenvalue weighted by Crippen LogP contribution is 2.29. The van der Waals surface area contributed by atoms with E-state index < -0.39 is 0 Å². The SMILES string of the molecule is CC(c1ccccc1)N1CCC(NC(=O)N(c2cccc(C(=N)N)c2)C2CCCCCC2)CC1. The van der Waals surface area contributed by atoms with Crippen LogP contribution < -0.4 is 16.0 Å². The first-order valence-corrected chi connectivity index (χ1v) is 12.9. The summed E-state index contributed by atoms with van der Waals surface area (Å²) in [6.45, 7) is 4.22. The predicted molar refractivity (Wildman–Crippen MR) is 139 cm³/mol. The van der Waals surface area contributed by atoms with Crippen molar-refractivity contribution in [2.24, 2.45) is 5.73 Å². The van der Waals surface area contributed by atoms with E-state index in [1.54, 1.807) is 0 Å². The molecule has 4 N–H and O–H groups in total. The summed E-state index contributed by atoms with van der Waals surface area (Å²) in [5.41, 5.74) is 8.59. The van der Waals surface area contributed by atoms with Gasteiger partial charge in [0.15, 0.2) is 0 Å². The van der Waals surface area contributed by atoms with E-state index in [1.807, 2.05) is 29.2 Å². The third-order valence-electron chi connectivity index (χ3n) is 7.53. The predicted octanol–water partition coefficient (Wildman–Crippen LogP) is 5.44. The smallest absolute Gasteiger partial charge is 0.322 e. The maximum absolute atomic E-state index is 13.7. The summed E-state index contributed by atoms with van der Waals surface area (Å²) in [6.07, 6.45) is 8.71. The standard InChI is InChI=1S/C28H39N5O/c1-21(22-10-5-4-6-11-22)32-18-16-24(17-19-32)31-28(34)33(25-13-7-2-3-8-14-25)26-15-9-12-23(20-26)27(29)30/h4-6,9-12,15,20-21,24-25H,2-3,7-8,13-14,16-19H2,1H3,(H3,29,30)(H,31,34). The van der Waals surface area contributed by atoms with Gasteiger partial charge in [0, 0.05) is 42.5 Å². The molecule has 1 aliphatic heterocycles. The van der Waals surface area contributed by atoms with Gasteiger partial charge in [-0.25, -0.2) is 4.79 Å². The lowest BCUT2D eigenvalue weighted by Crippen LogP contribution is -2.52. The molecule has 0 radical (unpaired) electrons. The number of nitrogens with one attached hydrogen (secondary N) is 2. The number of amidine groups is 1. The zero-order valence-electron chi connectivity index (χ0n) is 20.4. The van der Waals surface area contributed by atoms with Crippen LogP contribution in [0.5, 0.6) is 0 Å². The monoisotopic (exact) mass is 461 g/mol. The normalized spacial score (nSPS) is 19.2. The van der Waals surface area contributed by atoms with Crippen LogP contribution in [-0.2, 0) is 0 Å². The van der Waals surface area contributed by atoms with Crippen LogP contribution in [-0.4, -0.2) is 41.9 Å². The van der Waals surface area contributed by atoms with Gasteiger partial charge in [-0.2, -0.15) is 0 Å². The number of nitrogens with two attached hydrogens (primary N) is 1. The summed E-state index contributed by atoms with van der Waals surface area (Å²) in [7, 11) is 0. The highest BCUT2D eigenvalue weighted by molar-refractivity contribution is 5.98. The minimum absolute atomic E-state index is 0.0119. The number of carbonyl (C=O) groups is 1. The first-order valence-electron chi connectivity index (χ1n) is 12.9. The van der Waals surface area contributed by atoms with Crippen molar-refractivity contribution in [3.05, 3.63) is 65.7 Å². The lowest BCUT2D eigenvalue weighted by molar-refractivity contribution is 0.153. The number of rotatable bonds is 6. The van der Waals surface area contributed by atoms with Crippen LogP contribution >= 0.6 is 0 Å². The van der Waals surface area contributed by atoms with Crippen LogP contribution in [0, 0.1) is 5.41 Å². The van der Waals surface area contributed by atoms with Crippen LogP contribution in [0.25, 0.3) is 0 Å². The van der Waals surface area contributed by atoms with Gasteiger partial charge in [-0.05, 0) is 50.3 Å². The quantitative estimate of drug-likeness (QED) is 0.304. The van der Waals surface area contributed by atoms with Crippen molar-refractivity contribution in [2.75, 3.05) is 18.0 Å². The van der Waals surface area contributed by atoms with Crippen molar-refractivity contribution in [1.29, 1.82) is 5.41 Å². The van der Waals surface area contributed by atoms with Crippen molar-refractivity contribution in [2.45, 2.75) is 76.4 Å². The number of hydrogen-bond donors (Lipinski definition) is 3. The van der Waals surface area contributed by atoms with E-state index >= 15 is 0 Å². The molecule has 1 heterocycles. The molecule has 1 aliphatic carbocycles. The third-order valence-corrected chi connectivity index (χ3v) is 7.53. The maximum Gasteiger partial charge on any atom is 0.322 e. The lowest BCUT2D eigenvalue weighted by Gasteiger charge is -2.38. The van der Waals surface area contributed by atoms with Crippen molar-refractivity contribution < 1.29 is 4.79 Å². The zero-order chi connectivity index (χ0) is 23.9. The molecule has 4 rings (SSSR count). The molecular weight excluding hydrogens is 422 g/mol. The number of nitrogen functional groups attached to an aromatic ring is 1. The summed E-state index contributed by atoms with van der Waals surface area (Å²) < 4.78 is 0. The van der Waals surface area contributed by atoms with Crippen molar-refractivity contribution in [3.63, 3.8) is 0 Å². The molecule has 2 fully saturated rings. The molecule has 1 atom stereocenters. The number of nitrogens with zero attached hydrogens (tertiary/aromatic N) is 2. The third kappa shape index (κ3) is 5.98. The largest absolute Gasteiger partial charge is 0.384 e. The minimum Gasteiger partial charge on any atom is -0.384 e. The maximum atomic E-state index is 13.7. The number of benzene rings is 2. The number of hydrogen-bond acceptors (Lipinski definition) is 3. The Morgan fingerprint density at radius 2 is 1.68 bits per heavy atom. The fraction of sp³-hybridized carbons (Fsp3) is 0.500. The number of urea groups is 1. The van der Waals surface area contributed by atoms with E-state index in [9.17, 15) is 4.79 Å². The molecule has 6 nitrogen and oxygen atoms in total. The molecule has 1 saturated carbocycles. The van der Waals surface area contributed by atoms with Crippen LogP contribution in [0.3, 0.4) is 0 Å². The van der Waals surface area contributed by atoms with Gasteiger partial charge in [0.1, 0.15) is 5.84 Å². The van der Waals surface area contributed by atoms with Crippen molar-refractivity contribution in [1.82, 2.24) is 10.2 Å². The van der Waals surface area contributed by atoms with Gasteiger partial charge in [0.05, 0.1) is 0 Å². The Kier molecular flexibility index (Phi) is 8.22. The summed E-state index contributed by atoms with van der Waals surface area (Å²) in [4.78, 5) is 18.1. The molecule has 2 amide bonds.